The van der Waals surface area contributed by atoms with E-state index in [2.05, 4.69) is 10.3 Å². The summed E-state index contributed by atoms with van der Waals surface area (Å²) < 4.78 is 4.76. The fraction of sp³-hybridized carbons (Fsp3) is 0.429. The molecule has 1 unspecified atom stereocenters. The number of anilines is 1. The van der Waals surface area contributed by atoms with Crippen LogP contribution >= 0.6 is 0 Å². The number of aromatic nitrogens is 1. The van der Waals surface area contributed by atoms with Gasteiger partial charge in [0.25, 0.3) is 6.01 Å². The van der Waals surface area contributed by atoms with Crippen LogP contribution in [0.4, 0.5) is 6.01 Å². The second-order valence-corrected chi connectivity index (χ2v) is 2.57. The molecule has 0 aromatic carbocycles. The van der Waals surface area contributed by atoms with Gasteiger partial charge in [-0.3, -0.25) is 0 Å². The van der Waals surface area contributed by atoms with E-state index in [1.807, 2.05) is 0 Å². The summed E-state index contributed by atoms with van der Waals surface area (Å²) in [6.07, 6.45) is 0.493. The SMILES string of the molecule is CC(O)CNc1nc(C(=O)O)co1. The maximum Gasteiger partial charge on any atom is 0.357 e. The van der Waals surface area contributed by atoms with Crippen molar-refractivity contribution in [1.29, 1.82) is 0 Å². The van der Waals surface area contributed by atoms with Crippen LogP contribution in [0.2, 0.25) is 0 Å². The Morgan fingerprint density at radius 3 is 3.00 bits per heavy atom. The van der Waals surface area contributed by atoms with Crippen molar-refractivity contribution in [2.45, 2.75) is 13.0 Å². The third-order valence-electron chi connectivity index (χ3n) is 1.27. The van der Waals surface area contributed by atoms with Gasteiger partial charge in [0.05, 0.1) is 6.10 Å². The van der Waals surface area contributed by atoms with Crippen molar-refractivity contribution in [3.63, 3.8) is 0 Å². The van der Waals surface area contributed by atoms with Crippen LogP contribution in [0.25, 0.3) is 0 Å². The monoisotopic (exact) mass is 186 g/mol. The van der Waals surface area contributed by atoms with Crippen LogP contribution in [0.5, 0.6) is 0 Å². The van der Waals surface area contributed by atoms with Crippen molar-refractivity contribution < 1.29 is 19.4 Å². The fourth-order valence-electron chi connectivity index (χ4n) is 0.688. The average Bonchev–Trinajstić information content (AvgIpc) is 2.48. The lowest BCUT2D eigenvalue weighted by molar-refractivity contribution is 0.0690. The second kappa shape index (κ2) is 3.90. The highest BCUT2D eigenvalue weighted by Crippen LogP contribution is 2.06. The predicted molar refractivity (Wildman–Crippen MR) is 43.6 cm³/mol. The summed E-state index contributed by atoms with van der Waals surface area (Å²) in [6.45, 7) is 1.85. The first-order valence-electron chi connectivity index (χ1n) is 3.70. The van der Waals surface area contributed by atoms with Gasteiger partial charge in [0.15, 0.2) is 5.69 Å². The Morgan fingerprint density at radius 2 is 2.54 bits per heavy atom. The van der Waals surface area contributed by atoms with Crippen molar-refractivity contribution in [3.8, 4) is 0 Å². The Bertz CT molecular complexity index is 294. The summed E-state index contributed by atoms with van der Waals surface area (Å²) in [5.41, 5.74) is -0.159. The van der Waals surface area contributed by atoms with Gasteiger partial charge in [-0.2, -0.15) is 4.98 Å². The minimum Gasteiger partial charge on any atom is -0.476 e. The summed E-state index contributed by atoms with van der Waals surface area (Å²) >= 11 is 0. The molecule has 6 nitrogen and oxygen atoms in total. The largest absolute Gasteiger partial charge is 0.476 e. The highest BCUT2D eigenvalue weighted by Gasteiger charge is 2.09. The first-order chi connectivity index (χ1) is 6.09. The highest BCUT2D eigenvalue weighted by molar-refractivity contribution is 5.85. The number of hydrogen-bond donors (Lipinski definition) is 3. The summed E-state index contributed by atoms with van der Waals surface area (Å²) in [6, 6.07) is 0.0956. The number of carboxylic acid groups (broad SMARTS) is 1. The number of aliphatic hydroxyl groups is 1. The molecule has 0 aliphatic rings. The second-order valence-electron chi connectivity index (χ2n) is 2.57. The van der Waals surface area contributed by atoms with Gasteiger partial charge < -0.3 is 19.9 Å². The topological polar surface area (TPSA) is 95.6 Å². The van der Waals surface area contributed by atoms with E-state index in [1.54, 1.807) is 6.92 Å². The Morgan fingerprint density at radius 1 is 1.85 bits per heavy atom. The van der Waals surface area contributed by atoms with E-state index in [-0.39, 0.29) is 18.3 Å². The van der Waals surface area contributed by atoms with E-state index >= 15 is 0 Å². The van der Waals surface area contributed by atoms with Crippen molar-refractivity contribution in [2.75, 3.05) is 11.9 Å². The van der Waals surface area contributed by atoms with Crippen LogP contribution in [-0.4, -0.2) is 33.8 Å². The molecule has 3 N–H and O–H groups in total. The average molecular weight is 186 g/mol. The summed E-state index contributed by atoms with van der Waals surface area (Å²) in [5, 5.41) is 20.0. The highest BCUT2D eigenvalue weighted by atomic mass is 16.4. The molecule has 6 heteroatoms. The van der Waals surface area contributed by atoms with Crippen LogP contribution in [0.3, 0.4) is 0 Å². The molecule has 72 valence electrons. The maximum absolute atomic E-state index is 10.4. The number of rotatable bonds is 4. The van der Waals surface area contributed by atoms with E-state index in [0.717, 1.165) is 6.26 Å². The van der Waals surface area contributed by atoms with Crippen molar-refractivity contribution in [2.24, 2.45) is 0 Å². The first kappa shape index (κ1) is 9.53. The molecule has 13 heavy (non-hydrogen) atoms. The third-order valence-corrected chi connectivity index (χ3v) is 1.27. The molecular weight excluding hydrogens is 176 g/mol. The van der Waals surface area contributed by atoms with E-state index in [9.17, 15) is 4.79 Å². The van der Waals surface area contributed by atoms with Crippen molar-refractivity contribution in [1.82, 2.24) is 4.98 Å². The fourth-order valence-corrected chi connectivity index (χ4v) is 0.688. The smallest absolute Gasteiger partial charge is 0.357 e. The molecule has 0 amide bonds. The van der Waals surface area contributed by atoms with Gasteiger partial charge >= 0.3 is 5.97 Å². The number of aliphatic hydroxyl groups excluding tert-OH is 1. The van der Waals surface area contributed by atoms with Gasteiger partial charge in [0.2, 0.25) is 0 Å². The van der Waals surface area contributed by atoms with Crippen LogP contribution in [0.1, 0.15) is 17.4 Å². The Balaban J connectivity index is 2.54. The minimum absolute atomic E-state index is 0.0956. The van der Waals surface area contributed by atoms with Gasteiger partial charge in [-0.25, -0.2) is 4.79 Å². The molecule has 1 heterocycles. The molecule has 0 spiro atoms. The lowest BCUT2D eigenvalue weighted by Gasteiger charge is -2.02. The van der Waals surface area contributed by atoms with Crippen LogP contribution in [0, 0.1) is 0 Å². The predicted octanol–water partition coefficient (Wildman–Crippen LogP) is 0.165. The molecule has 0 radical (unpaired) electrons. The van der Waals surface area contributed by atoms with E-state index in [1.165, 1.54) is 0 Å². The molecule has 0 saturated heterocycles. The lowest BCUT2D eigenvalue weighted by atomic mass is 10.4. The molecule has 1 rings (SSSR count). The number of oxazole rings is 1. The molecular formula is C7H10N2O4. The number of nitrogens with one attached hydrogen (secondary N) is 1. The Hall–Kier alpha value is -1.56. The number of carboxylic acids is 1. The van der Waals surface area contributed by atoms with Crippen LogP contribution in [0.15, 0.2) is 10.7 Å². The molecule has 0 bridgehead atoms. The number of hydrogen-bond acceptors (Lipinski definition) is 5. The Labute approximate surface area is 74.2 Å². The molecule has 0 fully saturated rings. The third kappa shape index (κ3) is 2.75. The van der Waals surface area contributed by atoms with E-state index in [0.29, 0.717) is 0 Å². The van der Waals surface area contributed by atoms with Gasteiger partial charge in [0, 0.05) is 6.54 Å². The van der Waals surface area contributed by atoms with Gasteiger partial charge in [-0.15, -0.1) is 0 Å². The zero-order valence-corrected chi connectivity index (χ0v) is 7.02. The van der Waals surface area contributed by atoms with Crippen LogP contribution in [-0.2, 0) is 0 Å². The number of nitrogens with zero attached hydrogens (tertiary/aromatic N) is 1. The maximum atomic E-state index is 10.4. The zero-order chi connectivity index (χ0) is 9.84. The van der Waals surface area contributed by atoms with Gasteiger partial charge in [-0.1, -0.05) is 0 Å². The summed E-state index contributed by atoms with van der Waals surface area (Å²) in [4.78, 5) is 13.9. The molecule has 1 aromatic heterocycles. The molecule has 0 aliphatic heterocycles. The normalized spacial score (nSPS) is 12.5. The van der Waals surface area contributed by atoms with E-state index < -0.39 is 12.1 Å². The van der Waals surface area contributed by atoms with Crippen molar-refractivity contribution in [3.05, 3.63) is 12.0 Å². The minimum atomic E-state index is -1.14. The number of carbonyl (C=O) groups is 1. The van der Waals surface area contributed by atoms with Gasteiger partial charge in [0.1, 0.15) is 6.26 Å². The van der Waals surface area contributed by atoms with Crippen molar-refractivity contribution >= 4 is 12.0 Å². The molecule has 1 atom stereocenters. The number of aromatic carboxylic acids is 1. The molecule has 0 aliphatic carbocycles. The lowest BCUT2D eigenvalue weighted by Crippen LogP contribution is -2.15. The molecule has 1 aromatic rings. The van der Waals surface area contributed by atoms with E-state index in [4.69, 9.17) is 14.6 Å². The standard InChI is InChI=1S/C7H10N2O4/c1-4(10)2-8-7-9-5(3-13-7)6(11)12/h3-4,10H,2H2,1H3,(H,8,9)(H,11,12). The zero-order valence-electron chi connectivity index (χ0n) is 7.02. The summed E-state index contributed by atoms with van der Waals surface area (Å²) in [7, 11) is 0. The first-order valence-corrected chi connectivity index (χ1v) is 3.70. The summed E-state index contributed by atoms with van der Waals surface area (Å²) in [5.74, 6) is -1.14. The van der Waals surface area contributed by atoms with Gasteiger partial charge in [-0.05, 0) is 6.92 Å². The van der Waals surface area contributed by atoms with Crippen LogP contribution < -0.4 is 5.32 Å². The quantitative estimate of drug-likeness (QED) is 0.620. The molecule has 0 saturated carbocycles. The Kier molecular flexibility index (Phi) is 2.86.